The zero-order valence-corrected chi connectivity index (χ0v) is 13.7. The highest BCUT2D eigenvalue weighted by Gasteiger charge is 2.21. The summed E-state index contributed by atoms with van der Waals surface area (Å²) in [5, 5.41) is 2.49. The molecule has 0 aliphatic carbocycles. The lowest BCUT2D eigenvalue weighted by Crippen LogP contribution is -2.46. The Morgan fingerprint density at radius 2 is 1.91 bits per heavy atom. The molecule has 0 aromatic heterocycles. The molecule has 4 nitrogen and oxygen atoms in total. The zero-order valence-electron chi connectivity index (χ0n) is 11.6. The van der Waals surface area contributed by atoms with Crippen molar-refractivity contribution in [3.8, 4) is 0 Å². The van der Waals surface area contributed by atoms with Gasteiger partial charge in [-0.2, -0.15) is 0 Å². The second-order valence-electron chi connectivity index (χ2n) is 4.74. The molecule has 0 fully saturated rings. The minimum Gasteiger partial charge on any atom is -0.368 e. The maximum Gasteiger partial charge on any atom is 0.254 e. The number of amides is 2. The van der Waals surface area contributed by atoms with Crippen LogP contribution in [0.5, 0.6) is 0 Å². The van der Waals surface area contributed by atoms with Gasteiger partial charge < -0.3 is 11.1 Å². The first-order valence-electron chi connectivity index (χ1n) is 6.56. The summed E-state index contributed by atoms with van der Waals surface area (Å²) in [5.41, 5.74) is 6.09. The van der Waals surface area contributed by atoms with Crippen LogP contribution in [0.3, 0.4) is 0 Å². The van der Waals surface area contributed by atoms with Crippen LogP contribution in [0.15, 0.2) is 48.5 Å². The largest absolute Gasteiger partial charge is 0.368 e. The zero-order chi connectivity index (χ0) is 16.1. The fraction of sp³-hybridized carbons (Fsp3) is 0.125. The smallest absolute Gasteiger partial charge is 0.254 e. The molecule has 0 heterocycles. The van der Waals surface area contributed by atoms with Crippen molar-refractivity contribution in [2.24, 2.45) is 5.73 Å². The fourth-order valence-corrected chi connectivity index (χ4v) is 2.61. The van der Waals surface area contributed by atoms with Gasteiger partial charge in [0.25, 0.3) is 5.91 Å². The molecule has 2 aromatic rings. The van der Waals surface area contributed by atoms with Crippen LogP contribution >= 0.6 is 22.6 Å². The Balaban J connectivity index is 2.14. The van der Waals surface area contributed by atoms with Gasteiger partial charge in [0.05, 0.1) is 5.56 Å². The van der Waals surface area contributed by atoms with Crippen LogP contribution in [0.4, 0.5) is 4.39 Å². The predicted molar refractivity (Wildman–Crippen MR) is 89.7 cm³/mol. The highest BCUT2D eigenvalue weighted by molar-refractivity contribution is 14.1. The molecule has 2 rings (SSSR count). The molecule has 114 valence electrons. The van der Waals surface area contributed by atoms with Gasteiger partial charge in [-0.1, -0.05) is 24.3 Å². The number of nitrogens with one attached hydrogen (secondary N) is 1. The summed E-state index contributed by atoms with van der Waals surface area (Å²) in [6.07, 6.45) is 0.256. The molecule has 0 radical (unpaired) electrons. The number of primary amides is 1. The third kappa shape index (κ3) is 4.27. The van der Waals surface area contributed by atoms with Crippen LogP contribution in [0, 0.1) is 9.39 Å². The van der Waals surface area contributed by atoms with E-state index in [2.05, 4.69) is 27.9 Å². The van der Waals surface area contributed by atoms with Gasteiger partial charge in [-0.3, -0.25) is 9.59 Å². The van der Waals surface area contributed by atoms with Gasteiger partial charge in [-0.05, 0) is 52.4 Å². The summed E-state index contributed by atoms with van der Waals surface area (Å²) < 4.78 is 14.6. The second kappa shape index (κ2) is 7.35. The number of carbonyl (C=O) groups excluding carboxylic acids is 2. The third-order valence-corrected chi connectivity index (χ3v) is 3.77. The molecule has 3 N–H and O–H groups in total. The Hall–Kier alpha value is -1.96. The van der Waals surface area contributed by atoms with Crippen LogP contribution in [-0.2, 0) is 11.2 Å². The molecule has 0 unspecified atom stereocenters. The molecule has 6 heteroatoms. The van der Waals surface area contributed by atoms with E-state index in [4.69, 9.17) is 5.73 Å². The number of rotatable bonds is 5. The van der Waals surface area contributed by atoms with Gasteiger partial charge >= 0.3 is 0 Å². The van der Waals surface area contributed by atoms with Crippen molar-refractivity contribution < 1.29 is 14.0 Å². The number of hydrogen-bond acceptors (Lipinski definition) is 2. The molecule has 0 saturated carbocycles. The summed E-state index contributed by atoms with van der Waals surface area (Å²) in [4.78, 5) is 23.6. The molecular weight excluding hydrogens is 398 g/mol. The van der Waals surface area contributed by atoms with E-state index in [-0.39, 0.29) is 12.0 Å². The summed E-state index contributed by atoms with van der Waals surface area (Å²) >= 11 is 2.16. The highest BCUT2D eigenvalue weighted by Crippen LogP contribution is 2.11. The molecule has 1 atom stereocenters. The number of halogens is 2. The standard InChI is InChI=1S/C16H14FIN2O2/c17-13-7-2-1-6-12(13)16(22)20-14(15(19)21)9-10-4-3-5-11(18)8-10/h1-8,14H,9H2,(H2,19,21)(H,20,22)/t14-/m0/s1. The quantitative estimate of drug-likeness (QED) is 0.740. The van der Waals surface area contributed by atoms with Crippen molar-refractivity contribution in [1.82, 2.24) is 5.32 Å². The number of benzene rings is 2. The average molecular weight is 412 g/mol. The molecular formula is C16H14FIN2O2. The van der Waals surface area contributed by atoms with E-state index in [0.717, 1.165) is 9.13 Å². The second-order valence-corrected chi connectivity index (χ2v) is 5.99. The molecule has 22 heavy (non-hydrogen) atoms. The summed E-state index contributed by atoms with van der Waals surface area (Å²) in [6.45, 7) is 0. The Kier molecular flexibility index (Phi) is 5.48. The van der Waals surface area contributed by atoms with Crippen molar-refractivity contribution in [1.29, 1.82) is 0 Å². The maximum atomic E-state index is 13.6. The van der Waals surface area contributed by atoms with E-state index in [9.17, 15) is 14.0 Å². The summed E-state index contributed by atoms with van der Waals surface area (Å²) in [6, 6.07) is 12.2. The molecule has 2 aromatic carbocycles. The molecule has 0 aliphatic heterocycles. The minimum atomic E-state index is -0.898. The molecule has 2 amide bonds. The van der Waals surface area contributed by atoms with E-state index in [0.29, 0.717) is 0 Å². The lowest BCUT2D eigenvalue weighted by atomic mass is 10.0. The van der Waals surface area contributed by atoms with E-state index in [1.54, 1.807) is 6.07 Å². The van der Waals surface area contributed by atoms with Gasteiger partial charge in [0.2, 0.25) is 5.91 Å². The minimum absolute atomic E-state index is 0.114. The number of carbonyl (C=O) groups is 2. The maximum absolute atomic E-state index is 13.6. The van der Waals surface area contributed by atoms with E-state index >= 15 is 0 Å². The monoisotopic (exact) mass is 412 g/mol. The van der Waals surface area contributed by atoms with Crippen LogP contribution in [0.25, 0.3) is 0 Å². The van der Waals surface area contributed by atoms with E-state index in [1.807, 2.05) is 24.3 Å². The Bertz CT molecular complexity index is 706. The Morgan fingerprint density at radius 3 is 2.55 bits per heavy atom. The van der Waals surface area contributed by atoms with Crippen molar-refractivity contribution in [3.05, 3.63) is 69.0 Å². The SMILES string of the molecule is NC(=O)[C@H](Cc1cccc(I)c1)NC(=O)c1ccccc1F. The first kappa shape index (κ1) is 16.4. The summed E-state index contributed by atoms with van der Waals surface area (Å²) in [7, 11) is 0. The molecule has 0 spiro atoms. The van der Waals surface area contributed by atoms with Crippen LogP contribution in [0.1, 0.15) is 15.9 Å². The van der Waals surface area contributed by atoms with Crippen molar-refractivity contribution in [2.45, 2.75) is 12.5 Å². The van der Waals surface area contributed by atoms with Crippen molar-refractivity contribution in [3.63, 3.8) is 0 Å². The van der Waals surface area contributed by atoms with Gasteiger partial charge in [0.1, 0.15) is 11.9 Å². The molecule has 0 bridgehead atoms. The lowest BCUT2D eigenvalue weighted by molar-refractivity contribution is -0.119. The first-order valence-corrected chi connectivity index (χ1v) is 7.64. The van der Waals surface area contributed by atoms with Crippen LogP contribution in [-0.4, -0.2) is 17.9 Å². The van der Waals surface area contributed by atoms with Gasteiger partial charge in [0, 0.05) is 9.99 Å². The number of hydrogen-bond donors (Lipinski definition) is 2. The first-order chi connectivity index (χ1) is 10.5. The summed E-state index contributed by atoms with van der Waals surface area (Å²) in [5.74, 6) is -1.96. The predicted octanol–water partition coefficient (Wildman–Crippen LogP) is 2.26. The highest BCUT2D eigenvalue weighted by atomic mass is 127. The Morgan fingerprint density at radius 1 is 1.18 bits per heavy atom. The van der Waals surface area contributed by atoms with Crippen LogP contribution in [0.2, 0.25) is 0 Å². The van der Waals surface area contributed by atoms with Crippen molar-refractivity contribution >= 4 is 34.4 Å². The van der Waals surface area contributed by atoms with Crippen molar-refractivity contribution in [2.75, 3.05) is 0 Å². The molecule has 0 saturated heterocycles. The van der Waals surface area contributed by atoms with E-state index < -0.39 is 23.7 Å². The van der Waals surface area contributed by atoms with E-state index in [1.165, 1.54) is 18.2 Å². The lowest BCUT2D eigenvalue weighted by Gasteiger charge is -2.16. The third-order valence-electron chi connectivity index (χ3n) is 3.10. The van der Waals surface area contributed by atoms with Crippen LogP contribution < -0.4 is 11.1 Å². The topological polar surface area (TPSA) is 72.2 Å². The number of nitrogens with two attached hydrogens (primary N) is 1. The van der Waals surface area contributed by atoms with Gasteiger partial charge in [0.15, 0.2) is 0 Å². The molecule has 0 aliphatic rings. The van der Waals surface area contributed by atoms with Gasteiger partial charge in [-0.15, -0.1) is 0 Å². The fourth-order valence-electron chi connectivity index (χ4n) is 2.00. The normalized spacial score (nSPS) is 11.7. The average Bonchev–Trinajstić information content (AvgIpc) is 2.46. The van der Waals surface area contributed by atoms with Gasteiger partial charge in [-0.25, -0.2) is 4.39 Å². The Labute approximate surface area is 141 Å².